The van der Waals surface area contributed by atoms with Gasteiger partial charge in [0.1, 0.15) is 0 Å². The normalized spacial score (nSPS) is 19.0. The fourth-order valence-electron chi connectivity index (χ4n) is 2.98. The first-order valence-corrected chi connectivity index (χ1v) is 11.3. The lowest BCUT2D eigenvalue weighted by molar-refractivity contribution is 0.238. The first kappa shape index (κ1) is 18.1. The molecular weight excluding hydrogens is 356 g/mol. The average molecular weight is 379 g/mol. The van der Waals surface area contributed by atoms with E-state index in [2.05, 4.69) is 41.0 Å². The van der Waals surface area contributed by atoms with Crippen LogP contribution in [0.3, 0.4) is 0 Å². The van der Waals surface area contributed by atoms with Crippen molar-refractivity contribution in [3.63, 3.8) is 0 Å². The number of sulfone groups is 1. The van der Waals surface area contributed by atoms with E-state index < -0.39 is 9.84 Å². The zero-order valence-corrected chi connectivity index (χ0v) is 15.5. The molecule has 7 heteroatoms. The van der Waals surface area contributed by atoms with Gasteiger partial charge in [0, 0.05) is 24.1 Å². The van der Waals surface area contributed by atoms with E-state index in [1.807, 2.05) is 12.1 Å². The molecule has 2 aromatic carbocycles. The van der Waals surface area contributed by atoms with Gasteiger partial charge in [-0.15, -0.1) is 0 Å². The summed E-state index contributed by atoms with van der Waals surface area (Å²) in [6.45, 7) is 0.556. The number of fused-ring (bicyclic) bond motifs is 1. The van der Waals surface area contributed by atoms with Gasteiger partial charge in [0.2, 0.25) is 0 Å². The van der Waals surface area contributed by atoms with Crippen LogP contribution >= 0.6 is 11.8 Å². The maximum absolute atomic E-state index is 11.8. The molecule has 1 aliphatic rings. The SMILES string of the molecule is O=C(NCCSCc1cccc2ccccc12)N[C@H]1CCS(=O)(=O)C1. The lowest BCUT2D eigenvalue weighted by atomic mass is 10.1. The third-order valence-electron chi connectivity index (χ3n) is 4.24. The summed E-state index contributed by atoms with van der Waals surface area (Å²) < 4.78 is 22.7. The number of carbonyl (C=O) groups is 1. The molecule has 0 unspecified atom stereocenters. The van der Waals surface area contributed by atoms with E-state index in [-0.39, 0.29) is 23.6 Å². The highest BCUT2D eigenvalue weighted by atomic mass is 32.2. The van der Waals surface area contributed by atoms with Crippen LogP contribution in [0.5, 0.6) is 0 Å². The van der Waals surface area contributed by atoms with Crippen molar-refractivity contribution in [1.82, 2.24) is 10.6 Å². The van der Waals surface area contributed by atoms with Gasteiger partial charge in [-0.25, -0.2) is 13.2 Å². The Bertz CT molecular complexity index is 847. The van der Waals surface area contributed by atoms with Gasteiger partial charge in [-0.1, -0.05) is 42.5 Å². The number of hydrogen-bond acceptors (Lipinski definition) is 4. The first-order valence-electron chi connectivity index (χ1n) is 8.33. The Hall–Kier alpha value is -1.73. The average Bonchev–Trinajstić information content (AvgIpc) is 2.93. The van der Waals surface area contributed by atoms with Gasteiger partial charge in [0.05, 0.1) is 11.5 Å². The quantitative estimate of drug-likeness (QED) is 0.758. The van der Waals surface area contributed by atoms with Gasteiger partial charge in [0.25, 0.3) is 0 Å². The van der Waals surface area contributed by atoms with Crippen molar-refractivity contribution in [1.29, 1.82) is 0 Å². The number of thioether (sulfide) groups is 1. The monoisotopic (exact) mass is 378 g/mol. The van der Waals surface area contributed by atoms with Crippen molar-refractivity contribution < 1.29 is 13.2 Å². The Morgan fingerprint density at radius 1 is 1.16 bits per heavy atom. The number of benzene rings is 2. The third-order valence-corrected chi connectivity index (χ3v) is 7.01. The molecule has 2 aromatic rings. The van der Waals surface area contributed by atoms with E-state index in [9.17, 15) is 13.2 Å². The fourth-order valence-corrected chi connectivity index (χ4v) is 5.52. The van der Waals surface area contributed by atoms with Crippen molar-refractivity contribution >= 4 is 38.4 Å². The summed E-state index contributed by atoms with van der Waals surface area (Å²) in [4.78, 5) is 11.8. The van der Waals surface area contributed by atoms with Gasteiger partial charge in [0.15, 0.2) is 9.84 Å². The highest BCUT2D eigenvalue weighted by molar-refractivity contribution is 7.98. The number of nitrogens with one attached hydrogen (secondary N) is 2. The molecule has 1 heterocycles. The molecule has 1 saturated heterocycles. The Morgan fingerprint density at radius 3 is 2.76 bits per heavy atom. The summed E-state index contributed by atoms with van der Waals surface area (Å²) in [5.41, 5.74) is 1.30. The maximum Gasteiger partial charge on any atom is 0.315 e. The molecule has 0 aliphatic carbocycles. The Morgan fingerprint density at radius 2 is 1.96 bits per heavy atom. The van der Waals surface area contributed by atoms with Gasteiger partial charge in [-0.2, -0.15) is 11.8 Å². The lowest BCUT2D eigenvalue weighted by Crippen LogP contribution is -2.43. The molecule has 25 heavy (non-hydrogen) atoms. The molecule has 2 N–H and O–H groups in total. The standard InChI is InChI=1S/C18H22N2O3S2/c21-18(20-16-8-11-25(22,23)13-16)19-9-10-24-12-15-6-3-5-14-4-1-2-7-17(14)15/h1-7,16H,8-13H2,(H2,19,20,21)/t16-/m0/s1. The van der Waals surface area contributed by atoms with Crippen molar-refractivity contribution in [2.75, 3.05) is 23.8 Å². The number of carbonyl (C=O) groups excluding carboxylic acids is 1. The molecule has 0 spiro atoms. The van der Waals surface area contributed by atoms with E-state index in [1.54, 1.807) is 11.8 Å². The minimum absolute atomic E-state index is 0.0518. The van der Waals surface area contributed by atoms with E-state index in [4.69, 9.17) is 0 Å². The van der Waals surface area contributed by atoms with Crippen LogP contribution in [0.1, 0.15) is 12.0 Å². The molecule has 1 fully saturated rings. The lowest BCUT2D eigenvalue weighted by Gasteiger charge is -2.12. The zero-order valence-electron chi connectivity index (χ0n) is 13.9. The molecule has 0 saturated carbocycles. The van der Waals surface area contributed by atoms with E-state index >= 15 is 0 Å². The van der Waals surface area contributed by atoms with Gasteiger partial charge in [-0.3, -0.25) is 0 Å². The topological polar surface area (TPSA) is 75.3 Å². The number of hydrogen-bond donors (Lipinski definition) is 2. The van der Waals surface area contributed by atoms with E-state index in [1.165, 1.54) is 16.3 Å². The van der Waals surface area contributed by atoms with Crippen molar-refractivity contribution in [2.45, 2.75) is 18.2 Å². The molecule has 134 valence electrons. The molecule has 0 bridgehead atoms. The van der Waals surface area contributed by atoms with E-state index in [0.29, 0.717) is 13.0 Å². The Balaban J connectivity index is 1.38. The van der Waals surface area contributed by atoms with Crippen LogP contribution in [-0.4, -0.2) is 44.3 Å². The minimum atomic E-state index is -2.97. The van der Waals surface area contributed by atoms with Crippen molar-refractivity contribution in [2.24, 2.45) is 0 Å². The summed E-state index contributed by atoms with van der Waals surface area (Å²) >= 11 is 1.77. The molecule has 3 rings (SSSR count). The molecule has 2 amide bonds. The minimum Gasteiger partial charge on any atom is -0.337 e. The van der Waals surface area contributed by atoms with Gasteiger partial charge < -0.3 is 10.6 Å². The number of amides is 2. The van der Waals surface area contributed by atoms with Crippen molar-refractivity contribution in [3.8, 4) is 0 Å². The molecule has 1 aliphatic heterocycles. The van der Waals surface area contributed by atoms with Gasteiger partial charge in [-0.05, 0) is 22.8 Å². The van der Waals surface area contributed by atoms with Crippen LogP contribution in [0.4, 0.5) is 4.79 Å². The van der Waals surface area contributed by atoms with Crippen molar-refractivity contribution in [3.05, 3.63) is 48.0 Å². The largest absolute Gasteiger partial charge is 0.337 e. The van der Waals surface area contributed by atoms with Crippen LogP contribution in [0.25, 0.3) is 10.8 Å². The Kier molecular flexibility index (Phi) is 5.86. The highest BCUT2D eigenvalue weighted by Crippen LogP contribution is 2.22. The molecule has 5 nitrogen and oxygen atoms in total. The molecule has 0 radical (unpaired) electrons. The first-order chi connectivity index (χ1) is 12.0. The summed E-state index contributed by atoms with van der Waals surface area (Å²) in [6, 6.07) is 14.1. The predicted octanol–water partition coefficient (Wildman–Crippen LogP) is 2.56. The number of urea groups is 1. The summed E-state index contributed by atoms with van der Waals surface area (Å²) in [5, 5.41) is 8.03. The van der Waals surface area contributed by atoms with Gasteiger partial charge >= 0.3 is 6.03 Å². The second-order valence-electron chi connectivity index (χ2n) is 6.19. The maximum atomic E-state index is 11.8. The summed E-state index contributed by atoms with van der Waals surface area (Å²) in [5.74, 6) is 1.92. The van der Waals surface area contributed by atoms with Crippen LogP contribution in [0.15, 0.2) is 42.5 Å². The van der Waals surface area contributed by atoms with Crippen LogP contribution in [0.2, 0.25) is 0 Å². The van der Waals surface area contributed by atoms with E-state index in [0.717, 1.165) is 11.5 Å². The second-order valence-corrected chi connectivity index (χ2v) is 9.52. The van der Waals surface area contributed by atoms with Crippen LogP contribution in [0, 0.1) is 0 Å². The molecule has 1 atom stereocenters. The molecular formula is C18H22N2O3S2. The Labute approximate surface area is 152 Å². The zero-order chi connectivity index (χ0) is 17.7. The smallest absolute Gasteiger partial charge is 0.315 e. The second kappa shape index (κ2) is 8.10. The fraction of sp³-hybridized carbons (Fsp3) is 0.389. The summed E-state index contributed by atoms with van der Waals surface area (Å²) in [7, 11) is -2.97. The van der Waals surface area contributed by atoms with Crippen LogP contribution < -0.4 is 10.6 Å². The predicted molar refractivity (Wildman–Crippen MR) is 104 cm³/mol. The molecule has 0 aromatic heterocycles. The number of rotatable bonds is 6. The summed E-state index contributed by atoms with van der Waals surface area (Å²) in [6.07, 6.45) is 0.506. The highest BCUT2D eigenvalue weighted by Gasteiger charge is 2.28. The van der Waals surface area contributed by atoms with Crippen LogP contribution in [-0.2, 0) is 15.6 Å². The third kappa shape index (κ3) is 5.12.